The molecular weight excluding hydrogens is 140 g/mol. The first-order valence-corrected chi connectivity index (χ1v) is 4.37. The summed E-state index contributed by atoms with van der Waals surface area (Å²) in [5, 5.41) is 0. The summed E-state index contributed by atoms with van der Waals surface area (Å²) < 4.78 is 10.7. The van der Waals surface area contributed by atoms with Crippen molar-refractivity contribution in [1.29, 1.82) is 0 Å². The summed E-state index contributed by atoms with van der Waals surface area (Å²) in [6.45, 7) is 6.87. The van der Waals surface area contributed by atoms with Crippen molar-refractivity contribution in [3.05, 3.63) is 0 Å². The molecule has 0 N–H and O–H groups in total. The Bertz CT molecular complexity index is 93.6. The molecule has 0 aliphatic rings. The third kappa shape index (κ3) is 4.38. The van der Waals surface area contributed by atoms with Crippen LogP contribution in [0.25, 0.3) is 0 Å². The summed E-state index contributed by atoms with van der Waals surface area (Å²) in [4.78, 5) is 0. The zero-order valence-electron chi connectivity index (χ0n) is 8.14. The van der Waals surface area contributed by atoms with Gasteiger partial charge in [-0.2, -0.15) is 0 Å². The van der Waals surface area contributed by atoms with Gasteiger partial charge in [-0.1, -0.05) is 13.3 Å². The number of ether oxygens (including phenoxy) is 2. The predicted molar refractivity (Wildman–Crippen MR) is 46.6 cm³/mol. The molecule has 0 aliphatic carbocycles. The van der Waals surface area contributed by atoms with E-state index in [1.165, 1.54) is 6.42 Å². The van der Waals surface area contributed by atoms with Crippen LogP contribution in [0, 0.1) is 0 Å². The molecule has 0 bridgehead atoms. The Hall–Kier alpha value is -0.0800. The summed E-state index contributed by atoms with van der Waals surface area (Å²) >= 11 is 0. The SMILES string of the molecule is CCCCC(C)(OC)OCC. The van der Waals surface area contributed by atoms with Crippen molar-refractivity contribution in [2.45, 2.75) is 45.8 Å². The van der Waals surface area contributed by atoms with Gasteiger partial charge in [0.05, 0.1) is 0 Å². The van der Waals surface area contributed by atoms with E-state index in [1.807, 2.05) is 13.8 Å². The average Bonchev–Trinajstić information content (AvgIpc) is 2.02. The fraction of sp³-hybridized carbons (Fsp3) is 1.00. The molecule has 0 aliphatic heterocycles. The Morgan fingerprint density at radius 3 is 2.27 bits per heavy atom. The van der Waals surface area contributed by atoms with Gasteiger partial charge in [-0.25, -0.2) is 0 Å². The van der Waals surface area contributed by atoms with Crippen LogP contribution < -0.4 is 0 Å². The minimum atomic E-state index is -0.356. The van der Waals surface area contributed by atoms with Crippen molar-refractivity contribution in [1.82, 2.24) is 0 Å². The maximum atomic E-state index is 5.46. The number of rotatable bonds is 6. The van der Waals surface area contributed by atoms with Crippen LogP contribution >= 0.6 is 0 Å². The Kier molecular flexibility index (Phi) is 5.51. The molecule has 2 nitrogen and oxygen atoms in total. The van der Waals surface area contributed by atoms with E-state index in [0.717, 1.165) is 12.8 Å². The summed E-state index contributed by atoms with van der Waals surface area (Å²) in [5.41, 5.74) is 0. The Morgan fingerprint density at radius 2 is 1.91 bits per heavy atom. The fourth-order valence-electron chi connectivity index (χ4n) is 1.04. The zero-order valence-corrected chi connectivity index (χ0v) is 8.14. The summed E-state index contributed by atoms with van der Waals surface area (Å²) in [6.07, 6.45) is 3.32. The first-order chi connectivity index (χ1) is 5.18. The van der Waals surface area contributed by atoms with Gasteiger partial charge in [0, 0.05) is 20.1 Å². The molecule has 0 fully saturated rings. The molecule has 0 aromatic rings. The molecule has 0 spiro atoms. The van der Waals surface area contributed by atoms with E-state index in [-0.39, 0.29) is 5.79 Å². The van der Waals surface area contributed by atoms with Gasteiger partial charge in [0.1, 0.15) is 0 Å². The second kappa shape index (κ2) is 5.56. The molecule has 0 aromatic heterocycles. The normalized spacial score (nSPS) is 16.4. The van der Waals surface area contributed by atoms with Crippen LogP contribution in [0.1, 0.15) is 40.0 Å². The molecule has 0 aromatic carbocycles. The highest BCUT2D eigenvalue weighted by Crippen LogP contribution is 2.18. The molecule has 1 atom stereocenters. The van der Waals surface area contributed by atoms with Crippen LogP contribution in [0.4, 0.5) is 0 Å². The Morgan fingerprint density at radius 1 is 1.27 bits per heavy atom. The molecule has 2 heteroatoms. The number of unbranched alkanes of at least 4 members (excludes halogenated alkanes) is 1. The monoisotopic (exact) mass is 160 g/mol. The summed E-state index contributed by atoms with van der Waals surface area (Å²) in [5.74, 6) is -0.356. The van der Waals surface area contributed by atoms with Crippen molar-refractivity contribution in [2.24, 2.45) is 0 Å². The highest BCUT2D eigenvalue weighted by molar-refractivity contribution is 4.61. The van der Waals surface area contributed by atoms with Gasteiger partial charge in [0.25, 0.3) is 0 Å². The minimum Gasteiger partial charge on any atom is -0.353 e. The highest BCUT2D eigenvalue weighted by Gasteiger charge is 2.22. The van der Waals surface area contributed by atoms with Gasteiger partial charge in [-0.15, -0.1) is 0 Å². The Labute approximate surface area is 69.9 Å². The lowest BCUT2D eigenvalue weighted by Gasteiger charge is -2.27. The van der Waals surface area contributed by atoms with Crippen LogP contribution in [0.15, 0.2) is 0 Å². The van der Waals surface area contributed by atoms with Crippen molar-refractivity contribution in [3.63, 3.8) is 0 Å². The second-order valence-electron chi connectivity index (χ2n) is 2.87. The van der Waals surface area contributed by atoms with E-state index in [9.17, 15) is 0 Å². The minimum absolute atomic E-state index is 0.356. The van der Waals surface area contributed by atoms with E-state index < -0.39 is 0 Å². The van der Waals surface area contributed by atoms with Crippen LogP contribution in [0.3, 0.4) is 0 Å². The molecule has 0 heterocycles. The molecule has 68 valence electrons. The van der Waals surface area contributed by atoms with Crippen LogP contribution in [-0.2, 0) is 9.47 Å². The van der Waals surface area contributed by atoms with Gasteiger partial charge in [0.15, 0.2) is 5.79 Å². The Balaban J connectivity index is 3.68. The first-order valence-electron chi connectivity index (χ1n) is 4.37. The van der Waals surface area contributed by atoms with Crippen molar-refractivity contribution < 1.29 is 9.47 Å². The lowest BCUT2D eigenvalue weighted by molar-refractivity contribution is -0.211. The van der Waals surface area contributed by atoms with E-state index in [0.29, 0.717) is 6.61 Å². The standard InChI is InChI=1S/C9H20O2/c1-5-7-8-9(3,10-4)11-6-2/h5-8H2,1-4H3. The number of hydrogen-bond donors (Lipinski definition) is 0. The molecule has 0 radical (unpaired) electrons. The van der Waals surface area contributed by atoms with E-state index in [2.05, 4.69) is 6.92 Å². The maximum absolute atomic E-state index is 5.46. The van der Waals surface area contributed by atoms with Gasteiger partial charge >= 0.3 is 0 Å². The van der Waals surface area contributed by atoms with Crippen molar-refractivity contribution >= 4 is 0 Å². The number of hydrogen-bond acceptors (Lipinski definition) is 2. The quantitative estimate of drug-likeness (QED) is 0.556. The van der Waals surface area contributed by atoms with Crippen LogP contribution in [-0.4, -0.2) is 19.5 Å². The van der Waals surface area contributed by atoms with Crippen LogP contribution in [0.2, 0.25) is 0 Å². The molecule has 1 unspecified atom stereocenters. The molecule has 0 amide bonds. The molecule has 0 saturated carbocycles. The van der Waals surface area contributed by atoms with Gasteiger partial charge in [0.2, 0.25) is 0 Å². The summed E-state index contributed by atoms with van der Waals surface area (Å²) in [7, 11) is 1.70. The smallest absolute Gasteiger partial charge is 0.165 e. The van der Waals surface area contributed by atoms with Gasteiger partial charge < -0.3 is 9.47 Å². The van der Waals surface area contributed by atoms with E-state index in [4.69, 9.17) is 9.47 Å². The lowest BCUT2D eigenvalue weighted by atomic mass is 10.1. The third-order valence-corrected chi connectivity index (χ3v) is 1.87. The topological polar surface area (TPSA) is 18.5 Å². The number of methoxy groups -OCH3 is 1. The molecule has 0 rings (SSSR count). The first kappa shape index (κ1) is 10.9. The second-order valence-corrected chi connectivity index (χ2v) is 2.87. The lowest BCUT2D eigenvalue weighted by Crippen LogP contribution is -2.30. The maximum Gasteiger partial charge on any atom is 0.165 e. The van der Waals surface area contributed by atoms with Crippen molar-refractivity contribution in [3.8, 4) is 0 Å². The third-order valence-electron chi connectivity index (χ3n) is 1.87. The molecule has 0 saturated heterocycles. The van der Waals surface area contributed by atoms with Crippen molar-refractivity contribution in [2.75, 3.05) is 13.7 Å². The zero-order chi connectivity index (χ0) is 8.74. The van der Waals surface area contributed by atoms with E-state index >= 15 is 0 Å². The molecule has 11 heavy (non-hydrogen) atoms. The largest absolute Gasteiger partial charge is 0.353 e. The average molecular weight is 160 g/mol. The molecular formula is C9H20O2. The van der Waals surface area contributed by atoms with Gasteiger partial charge in [-0.05, 0) is 20.3 Å². The highest BCUT2D eigenvalue weighted by atomic mass is 16.7. The van der Waals surface area contributed by atoms with Crippen LogP contribution in [0.5, 0.6) is 0 Å². The summed E-state index contributed by atoms with van der Waals surface area (Å²) in [6, 6.07) is 0. The fourth-order valence-corrected chi connectivity index (χ4v) is 1.04. The predicted octanol–water partition coefficient (Wildman–Crippen LogP) is 2.58. The van der Waals surface area contributed by atoms with E-state index in [1.54, 1.807) is 7.11 Å². The van der Waals surface area contributed by atoms with Gasteiger partial charge in [-0.3, -0.25) is 0 Å².